The molecule has 0 saturated heterocycles. The molecule has 0 aromatic heterocycles. The molecule has 2 amide bonds. The zero-order valence-corrected chi connectivity index (χ0v) is 13.7. The van der Waals surface area contributed by atoms with Gasteiger partial charge in [-0.3, -0.25) is 14.4 Å². The minimum absolute atomic E-state index is 0.256. The fourth-order valence-corrected chi connectivity index (χ4v) is 2.17. The minimum Gasteiger partial charge on any atom is -0.345 e. The first-order chi connectivity index (χ1) is 10.3. The SMILES string of the molecule is CC(=O)NC(C)C(=O)NC(Cc1ccccc1)C(=O)C(C)Cl. The lowest BCUT2D eigenvalue weighted by Crippen LogP contribution is -2.51. The fourth-order valence-electron chi connectivity index (χ4n) is 2.02. The van der Waals surface area contributed by atoms with Gasteiger partial charge in [-0.1, -0.05) is 30.3 Å². The molecule has 6 heteroatoms. The molecule has 1 aromatic rings. The summed E-state index contributed by atoms with van der Waals surface area (Å²) in [6, 6.07) is 7.92. The highest BCUT2D eigenvalue weighted by Crippen LogP contribution is 2.08. The predicted molar refractivity (Wildman–Crippen MR) is 85.7 cm³/mol. The molecule has 0 spiro atoms. The molecular weight excluding hydrogens is 304 g/mol. The number of amides is 2. The first-order valence-corrected chi connectivity index (χ1v) is 7.54. The standard InChI is InChI=1S/C16H21ClN2O3/c1-10(17)15(21)14(9-13-7-5-4-6-8-13)19-16(22)11(2)18-12(3)20/h4-8,10-11,14H,9H2,1-3H3,(H,18,20)(H,19,22). The summed E-state index contributed by atoms with van der Waals surface area (Å²) >= 11 is 5.87. The van der Waals surface area contributed by atoms with E-state index in [9.17, 15) is 14.4 Å². The number of hydrogen-bond acceptors (Lipinski definition) is 3. The maximum atomic E-state index is 12.2. The van der Waals surface area contributed by atoms with Crippen molar-refractivity contribution in [2.75, 3.05) is 0 Å². The van der Waals surface area contributed by atoms with Crippen molar-refractivity contribution in [3.05, 3.63) is 35.9 Å². The van der Waals surface area contributed by atoms with Crippen molar-refractivity contribution < 1.29 is 14.4 Å². The van der Waals surface area contributed by atoms with Crippen LogP contribution in [0, 0.1) is 0 Å². The maximum absolute atomic E-state index is 12.2. The smallest absolute Gasteiger partial charge is 0.242 e. The van der Waals surface area contributed by atoms with Crippen LogP contribution in [0.1, 0.15) is 26.3 Å². The van der Waals surface area contributed by atoms with Crippen molar-refractivity contribution in [2.24, 2.45) is 0 Å². The van der Waals surface area contributed by atoms with E-state index in [1.165, 1.54) is 6.92 Å². The number of halogens is 1. The van der Waals surface area contributed by atoms with Gasteiger partial charge in [-0.15, -0.1) is 11.6 Å². The Morgan fingerprint density at radius 2 is 1.68 bits per heavy atom. The molecular formula is C16H21ClN2O3. The molecule has 0 radical (unpaired) electrons. The number of rotatable bonds is 7. The van der Waals surface area contributed by atoms with Crippen LogP contribution >= 0.6 is 11.6 Å². The maximum Gasteiger partial charge on any atom is 0.242 e. The van der Waals surface area contributed by atoms with Crippen LogP contribution in [-0.4, -0.2) is 35.1 Å². The van der Waals surface area contributed by atoms with Crippen LogP contribution in [0.3, 0.4) is 0 Å². The van der Waals surface area contributed by atoms with Gasteiger partial charge in [0.2, 0.25) is 11.8 Å². The average molecular weight is 325 g/mol. The summed E-state index contributed by atoms with van der Waals surface area (Å²) in [5.41, 5.74) is 0.922. The van der Waals surface area contributed by atoms with Gasteiger partial charge in [0.1, 0.15) is 6.04 Å². The van der Waals surface area contributed by atoms with Crippen LogP contribution in [0.2, 0.25) is 0 Å². The summed E-state index contributed by atoms with van der Waals surface area (Å²) < 4.78 is 0. The molecule has 0 heterocycles. The van der Waals surface area contributed by atoms with E-state index in [1.807, 2.05) is 30.3 Å². The predicted octanol–water partition coefficient (Wildman–Crippen LogP) is 1.43. The molecule has 1 aromatic carbocycles. The van der Waals surface area contributed by atoms with Crippen LogP contribution < -0.4 is 10.6 Å². The normalized spacial score (nSPS) is 14.5. The zero-order chi connectivity index (χ0) is 16.7. The molecule has 2 N–H and O–H groups in total. The van der Waals surface area contributed by atoms with Crippen LogP contribution in [-0.2, 0) is 20.8 Å². The molecule has 1 rings (SSSR count). The lowest BCUT2D eigenvalue weighted by Gasteiger charge is -2.21. The van der Waals surface area contributed by atoms with Gasteiger partial charge in [0.05, 0.1) is 11.4 Å². The molecule has 0 aliphatic heterocycles. The Hall–Kier alpha value is -1.88. The third kappa shape index (κ3) is 5.85. The van der Waals surface area contributed by atoms with Gasteiger partial charge in [-0.05, 0) is 25.8 Å². The quantitative estimate of drug-likeness (QED) is 0.745. The molecule has 0 aliphatic carbocycles. The molecule has 22 heavy (non-hydrogen) atoms. The highest BCUT2D eigenvalue weighted by molar-refractivity contribution is 6.31. The number of benzene rings is 1. The van der Waals surface area contributed by atoms with Gasteiger partial charge < -0.3 is 10.6 Å². The molecule has 0 aliphatic rings. The Morgan fingerprint density at radius 3 is 2.18 bits per heavy atom. The molecule has 0 bridgehead atoms. The van der Waals surface area contributed by atoms with E-state index in [0.717, 1.165) is 5.56 Å². The van der Waals surface area contributed by atoms with E-state index in [-0.39, 0.29) is 11.7 Å². The zero-order valence-electron chi connectivity index (χ0n) is 12.9. The highest BCUT2D eigenvalue weighted by atomic mass is 35.5. The van der Waals surface area contributed by atoms with Crippen molar-refractivity contribution in [2.45, 2.75) is 44.7 Å². The van der Waals surface area contributed by atoms with Crippen molar-refractivity contribution in [1.82, 2.24) is 10.6 Å². The van der Waals surface area contributed by atoms with Gasteiger partial charge in [-0.2, -0.15) is 0 Å². The monoisotopic (exact) mass is 324 g/mol. The van der Waals surface area contributed by atoms with Crippen LogP contribution in [0.4, 0.5) is 0 Å². The Bertz CT molecular complexity index is 531. The lowest BCUT2D eigenvalue weighted by molar-refractivity contribution is -0.130. The van der Waals surface area contributed by atoms with Crippen molar-refractivity contribution in [1.29, 1.82) is 0 Å². The van der Waals surface area contributed by atoms with E-state index < -0.39 is 23.4 Å². The second-order valence-corrected chi connectivity index (χ2v) is 5.85. The third-order valence-corrected chi connectivity index (χ3v) is 3.36. The van der Waals surface area contributed by atoms with E-state index in [4.69, 9.17) is 11.6 Å². The molecule has 0 fully saturated rings. The van der Waals surface area contributed by atoms with E-state index in [1.54, 1.807) is 13.8 Å². The van der Waals surface area contributed by atoms with Gasteiger partial charge in [-0.25, -0.2) is 0 Å². The first kappa shape index (κ1) is 18.2. The summed E-state index contributed by atoms with van der Waals surface area (Å²) in [4.78, 5) is 35.3. The second kappa shape index (κ2) is 8.54. The summed E-state index contributed by atoms with van der Waals surface area (Å²) in [5.74, 6) is -0.977. The number of alkyl halides is 1. The van der Waals surface area contributed by atoms with Crippen LogP contribution in [0.25, 0.3) is 0 Å². The number of carbonyl (C=O) groups excluding carboxylic acids is 3. The molecule has 3 unspecified atom stereocenters. The minimum atomic E-state index is -0.724. The van der Waals surface area contributed by atoms with Gasteiger partial charge in [0.25, 0.3) is 0 Å². The van der Waals surface area contributed by atoms with Crippen LogP contribution in [0.15, 0.2) is 30.3 Å². The Labute approximate surface area is 135 Å². The largest absolute Gasteiger partial charge is 0.345 e. The fraction of sp³-hybridized carbons (Fsp3) is 0.438. The van der Waals surface area contributed by atoms with E-state index in [0.29, 0.717) is 6.42 Å². The average Bonchev–Trinajstić information content (AvgIpc) is 2.45. The Balaban J connectivity index is 2.80. The number of Topliss-reactive ketones (excluding diaryl/α,β-unsaturated/α-hetero) is 1. The lowest BCUT2D eigenvalue weighted by atomic mass is 10.0. The van der Waals surface area contributed by atoms with Crippen molar-refractivity contribution in [3.8, 4) is 0 Å². The first-order valence-electron chi connectivity index (χ1n) is 7.10. The summed E-state index contributed by atoms with van der Waals surface area (Å²) in [7, 11) is 0. The second-order valence-electron chi connectivity index (χ2n) is 5.19. The molecule has 5 nitrogen and oxygen atoms in total. The topological polar surface area (TPSA) is 75.3 Å². The number of carbonyl (C=O) groups is 3. The number of hydrogen-bond donors (Lipinski definition) is 2. The van der Waals surface area contributed by atoms with Crippen LogP contribution in [0.5, 0.6) is 0 Å². The van der Waals surface area contributed by atoms with Crippen molar-refractivity contribution in [3.63, 3.8) is 0 Å². The summed E-state index contributed by atoms with van der Waals surface area (Å²) in [5, 5.41) is 4.45. The summed E-state index contributed by atoms with van der Waals surface area (Å²) in [6.45, 7) is 4.47. The van der Waals surface area contributed by atoms with Gasteiger partial charge in [0, 0.05) is 6.92 Å². The van der Waals surface area contributed by atoms with Crippen molar-refractivity contribution >= 4 is 29.2 Å². The van der Waals surface area contributed by atoms with E-state index >= 15 is 0 Å². The summed E-state index contributed by atoms with van der Waals surface area (Å²) in [6.07, 6.45) is 0.356. The van der Waals surface area contributed by atoms with Gasteiger partial charge in [0.15, 0.2) is 5.78 Å². The Morgan fingerprint density at radius 1 is 1.09 bits per heavy atom. The van der Waals surface area contributed by atoms with Gasteiger partial charge >= 0.3 is 0 Å². The highest BCUT2D eigenvalue weighted by Gasteiger charge is 2.26. The Kier molecular flexibility index (Phi) is 7.05. The van der Waals surface area contributed by atoms with E-state index in [2.05, 4.69) is 10.6 Å². The molecule has 0 saturated carbocycles. The number of nitrogens with one attached hydrogen (secondary N) is 2. The third-order valence-electron chi connectivity index (χ3n) is 3.15. The number of ketones is 1. The molecule has 120 valence electrons. The molecule has 3 atom stereocenters.